The second-order valence-electron chi connectivity index (χ2n) is 5.40. The van der Waals surface area contributed by atoms with Crippen molar-refractivity contribution < 1.29 is 13.8 Å². The van der Waals surface area contributed by atoms with Crippen molar-refractivity contribution in [3.05, 3.63) is 58.9 Å². The monoisotopic (exact) mass is 398 g/mol. The number of amides is 1. The Morgan fingerprint density at radius 1 is 1.32 bits per heavy atom. The maximum Gasteiger partial charge on any atom is 0.294 e. The van der Waals surface area contributed by atoms with Crippen molar-refractivity contribution in [3.63, 3.8) is 0 Å². The van der Waals surface area contributed by atoms with Crippen molar-refractivity contribution in [3.8, 4) is 16.4 Å². The van der Waals surface area contributed by atoms with Gasteiger partial charge in [0.05, 0.1) is 11.1 Å². The Morgan fingerprint density at radius 2 is 2.21 bits per heavy atom. The van der Waals surface area contributed by atoms with E-state index in [4.69, 9.17) is 5.73 Å². The summed E-state index contributed by atoms with van der Waals surface area (Å²) in [6, 6.07) is 9.37. The van der Waals surface area contributed by atoms with Gasteiger partial charge in [0.15, 0.2) is 5.69 Å². The fourth-order valence-electron chi connectivity index (χ4n) is 2.36. The van der Waals surface area contributed by atoms with Crippen molar-refractivity contribution >= 4 is 29.3 Å². The van der Waals surface area contributed by atoms with Crippen LogP contribution in [0.2, 0.25) is 0 Å². The minimum absolute atomic E-state index is 0.00112. The highest BCUT2D eigenvalue weighted by Gasteiger charge is 2.25. The van der Waals surface area contributed by atoms with Gasteiger partial charge in [0.2, 0.25) is 11.6 Å². The molecule has 0 saturated heterocycles. The van der Waals surface area contributed by atoms with E-state index in [1.807, 2.05) is 11.4 Å². The van der Waals surface area contributed by atoms with Gasteiger partial charge in [0, 0.05) is 0 Å². The summed E-state index contributed by atoms with van der Waals surface area (Å²) < 4.78 is 19.1. The van der Waals surface area contributed by atoms with Crippen molar-refractivity contribution in [2.24, 2.45) is 5.10 Å². The Hall–Kier alpha value is -3.93. The molecule has 0 radical (unpaired) electrons. The van der Waals surface area contributed by atoms with Crippen LogP contribution in [0.5, 0.6) is 0 Å². The molecule has 0 atom stereocenters. The van der Waals surface area contributed by atoms with Crippen LogP contribution in [0.1, 0.15) is 16.1 Å². The van der Waals surface area contributed by atoms with E-state index in [1.54, 1.807) is 12.1 Å². The Bertz CT molecular complexity index is 1150. The molecule has 3 N–H and O–H groups in total. The number of nitrogen functional groups attached to an aromatic ring is 1. The molecule has 0 unspecified atom stereocenters. The lowest BCUT2D eigenvalue weighted by atomic mass is 10.2. The number of anilines is 1. The average Bonchev–Trinajstić information content (AvgIpc) is 3.41. The van der Waals surface area contributed by atoms with Crippen LogP contribution in [-0.2, 0) is 0 Å². The summed E-state index contributed by atoms with van der Waals surface area (Å²) in [5.41, 5.74) is 8.93. The van der Waals surface area contributed by atoms with Gasteiger partial charge < -0.3 is 5.73 Å². The molecule has 0 bridgehead atoms. The molecular formula is C16H11FN8O2S. The van der Waals surface area contributed by atoms with Gasteiger partial charge in [-0.1, -0.05) is 23.4 Å². The number of hydrazone groups is 1. The smallest absolute Gasteiger partial charge is 0.294 e. The van der Waals surface area contributed by atoms with Gasteiger partial charge in [-0.3, -0.25) is 4.79 Å². The fourth-order valence-corrected chi connectivity index (χ4v) is 3.12. The first-order chi connectivity index (χ1) is 13.6. The molecule has 1 amide bonds. The van der Waals surface area contributed by atoms with Gasteiger partial charge in [0.25, 0.3) is 5.91 Å². The van der Waals surface area contributed by atoms with E-state index in [9.17, 15) is 9.18 Å². The largest absolute Gasteiger partial charge is 0.378 e. The molecule has 0 aliphatic rings. The summed E-state index contributed by atoms with van der Waals surface area (Å²) in [7, 11) is 0. The van der Waals surface area contributed by atoms with Crippen LogP contribution in [0, 0.1) is 5.82 Å². The van der Waals surface area contributed by atoms with Crippen molar-refractivity contribution in [2.45, 2.75) is 0 Å². The van der Waals surface area contributed by atoms with Gasteiger partial charge >= 0.3 is 0 Å². The zero-order chi connectivity index (χ0) is 19.5. The lowest BCUT2D eigenvalue weighted by molar-refractivity contribution is 0.0951. The van der Waals surface area contributed by atoms with Crippen molar-refractivity contribution in [1.29, 1.82) is 0 Å². The molecule has 3 heterocycles. The van der Waals surface area contributed by atoms with Crippen LogP contribution in [0.15, 0.2) is 51.5 Å². The summed E-state index contributed by atoms with van der Waals surface area (Å²) >= 11 is 1.37. The zero-order valence-corrected chi connectivity index (χ0v) is 14.8. The zero-order valence-electron chi connectivity index (χ0n) is 14.0. The van der Waals surface area contributed by atoms with Gasteiger partial charge in [0.1, 0.15) is 11.5 Å². The first kappa shape index (κ1) is 17.5. The minimum atomic E-state index is -0.614. The van der Waals surface area contributed by atoms with Crippen LogP contribution in [0.4, 0.5) is 10.2 Å². The normalized spacial score (nSPS) is 11.2. The number of nitrogens with two attached hydrogens (primary N) is 1. The second-order valence-corrected chi connectivity index (χ2v) is 6.35. The lowest BCUT2D eigenvalue weighted by Crippen LogP contribution is -2.19. The summed E-state index contributed by atoms with van der Waals surface area (Å²) in [4.78, 5) is 13.3. The van der Waals surface area contributed by atoms with E-state index in [-0.39, 0.29) is 17.3 Å². The van der Waals surface area contributed by atoms with E-state index in [0.717, 1.165) is 0 Å². The minimum Gasteiger partial charge on any atom is -0.378 e. The fraction of sp³-hybridized carbons (Fsp3) is 0. The summed E-state index contributed by atoms with van der Waals surface area (Å²) in [5.74, 6) is -0.911. The third-order valence-corrected chi connectivity index (χ3v) is 4.44. The Kier molecular flexibility index (Phi) is 4.60. The number of halogens is 1. The van der Waals surface area contributed by atoms with Crippen molar-refractivity contribution in [2.75, 3.05) is 5.73 Å². The number of nitrogens with one attached hydrogen (secondary N) is 1. The quantitative estimate of drug-likeness (QED) is 0.387. The predicted octanol–water partition coefficient (Wildman–Crippen LogP) is 1.86. The Balaban J connectivity index is 1.65. The number of thiophene rings is 1. The van der Waals surface area contributed by atoms with E-state index < -0.39 is 11.7 Å². The topological polar surface area (TPSA) is 137 Å². The SMILES string of the molecule is Nc1nonc1-n1nnc(C(=O)N/N=C/c2cccc(F)c2)c1-c1cccs1. The van der Waals surface area contributed by atoms with Crippen LogP contribution in [-0.4, -0.2) is 37.4 Å². The van der Waals surface area contributed by atoms with E-state index in [1.165, 1.54) is 40.4 Å². The summed E-state index contributed by atoms with van der Waals surface area (Å²) in [6.07, 6.45) is 1.32. The number of carbonyl (C=O) groups is 1. The molecule has 0 aliphatic heterocycles. The number of nitrogens with zero attached hydrogens (tertiary/aromatic N) is 6. The molecule has 4 rings (SSSR count). The van der Waals surface area contributed by atoms with Gasteiger partial charge in [-0.25, -0.2) is 14.4 Å². The molecule has 12 heteroatoms. The number of hydrogen-bond acceptors (Lipinski definition) is 9. The summed E-state index contributed by atoms with van der Waals surface area (Å²) in [5, 5.41) is 20.7. The highest BCUT2D eigenvalue weighted by molar-refractivity contribution is 7.13. The van der Waals surface area contributed by atoms with Crippen LogP contribution < -0.4 is 11.2 Å². The van der Waals surface area contributed by atoms with Crippen LogP contribution in [0.3, 0.4) is 0 Å². The van der Waals surface area contributed by atoms with Crippen LogP contribution in [0.25, 0.3) is 16.4 Å². The predicted molar refractivity (Wildman–Crippen MR) is 98.4 cm³/mol. The molecule has 0 fully saturated rings. The molecule has 0 spiro atoms. The third-order valence-electron chi connectivity index (χ3n) is 3.56. The first-order valence-electron chi connectivity index (χ1n) is 7.80. The lowest BCUT2D eigenvalue weighted by Gasteiger charge is -2.03. The van der Waals surface area contributed by atoms with Crippen LogP contribution >= 0.6 is 11.3 Å². The average molecular weight is 398 g/mol. The molecular weight excluding hydrogens is 387 g/mol. The molecule has 4 aromatic rings. The maximum absolute atomic E-state index is 13.2. The number of rotatable bonds is 5. The standard InChI is InChI=1S/C16H11FN8O2S/c17-10-4-1-3-9(7-10)8-19-21-16(26)12-13(11-5-2-6-28-11)25(24-20-12)15-14(18)22-27-23-15/h1-8H,(H2,18,22)(H,21,26)/b19-8+. The second kappa shape index (κ2) is 7.36. The Labute approximate surface area is 160 Å². The van der Waals surface area contributed by atoms with Gasteiger partial charge in [-0.2, -0.15) is 9.78 Å². The molecule has 10 nitrogen and oxygen atoms in total. The van der Waals surface area contributed by atoms with Crippen molar-refractivity contribution in [1.82, 2.24) is 30.7 Å². The molecule has 3 aromatic heterocycles. The number of carbonyl (C=O) groups excluding carboxylic acids is 1. The van der Waals surface area contributed by atoms with Gasteiger partial charge in [-0.15, -0.1) is 16.4 Å². The highest BCUT2D eigenvalue weighted by atomic mass is 32.1. The number of hydrogen-bond donors (Lipinski definition) is 2. The molecule has 28 heavy (non-hydrogen) atoms. The Morgan fingerprint density at radius 3 is 2.93 bits per heavy atom. The number of aromatic nitrogens is 5. The highest BCUT2D eigenvalue weighted by Crippen LogP contribution is 2.29. The van der Waals surface area contributed by atoms with E-state index in [0.29, 0.717) is 16.1 Å². The molecule has 0 aliphatic carbocycles. The first-order valence-corrected chi connectivity index (χ1v) is 8.68. The van der Waals surface area contributed by atoms with E-state index >= 15 is 0 Å². The van der Waals surface area contributed by atoms with E-state index in [2.05, 4.69) is 35.8 Å². The maximum atomic E-state index is 13.2. The van der Waals surface area contributed by atoms with Gasteiger partial charge in [-0.05, 0) is 39.5 Å². The summed E-state index contributed by atoms with van der Waals surface area (Å²) in [6.45, 7) is 0. The number of benzene rings is 1. The molecule has 1 aromatic carbocycles. The molecule has 140 valence electrons. The third kappa shape index (κ3) is 3.35. The molecule has 0 saturated carbocycles.